The molecule has 3 unspecified atom stereocenters. The molecule has 1 heterocycles. The summed E-state index contributed by atoms with van der Waals surface area (Å²) in [5, 5.41) is 15.3. The molecule has 0 aromatic heterocycles. The van der Waals surface area contributed by atoms with E-state index in [1.807, 2.05) is 31.2 Å². The highest BCUT2D eigenvalue weighted by atomic mass is 79.9. The number of halogens is 1. The second-order valence-corrected chi connectivity index (χ2v) is 5.55. The van der Waals surface area contributed by atoms with E-state index < -0.39 is 6.10 Å². The number of benzene rings is 1. The van der Waals surface area contributed by atoms with Crippen LogP contribution in [-0.4, -0.2) is 29.7 Å². The Hall–Kier alpha value is -0.910. The highest BCUT2D eigenvalue weighted by Gasteiger charge is 2.28. The van der Waals surface area contributed by atoms with Crippen molar-refractivity contribution >= 4 is 21.8 Å². The Balaban J connectivity index is 1.95. The van der Waals surface area contributed by atoms with Gasteiger partial charge in [-0.3, -0.25) is 4.79 Å². The summed E-state index contributed by atoms with van der Waals surface area (Å²) in [7, 11) is 0. The summed E-state index contributed by atoms with van der Waals surface area (Å²) in [5.74, 6) is -0.0565. The zero-order valence-corrected chi connectivity index (χ0v) is 11.8. The molecule has 1 saturated heterocycles. The van der Waals surface area contributed by atoms with Gasteiger partial charge in [-0.1, -0.05) is 28.1 Å². The summed E-state index contributed by atoms with van der Waals surface area (Å²) in [6.07, 6.45) is 0.0683. The van der Waals surface area contributed by atoms with E-state index in [2.05, 4.69) is 26.6 Å². The predicted octanol–water partition coefficient (Wildman–Crippen LogP) is 1.35. The smallest absolute Gasteiger partial charge is 0.237 e. The van der Waals surface area contributed by atoms with Crippen molar-refractivity contribution in [2.24, 2.45) is 0 Å². The van der Waals surface area contributed by atoms with Gasteiger partial charge < -0.3 is 15.7 Å². The van der Waals surface area contributed by atoms with Crippen LogP contribution < -0.4 is 10.6 Å². The summed E-state index contributed by atoms with van der Waals surface area (Å²) in [5.41, 5.74) is 1.05. The third-order valence-corrected chi connectivity index (χ3v) is 3.62. The fourth-order valence-corrected chi connectivity index (χ4v) is 2.51. The third-order valence-electron chi connectivity index (χ3n) is 3.13. The van der Waals surface area contributed by atoms with Crippen molar-refractivity contribution in [3.63, 3.8) is 0 Å². The summed E-state index contributed by atoms with van der Waals surface area (Å²) < 4.78 is 0.996. The van der Waals surface area contributed by atoms with E-state index in [4.69, 9.17) is 0 Å². The van der Waals surface area contributed by atoms with Crippen molar-refractivity contribution in [3.05, 3.63) is 34.3 Å². The van der Waals surface area contributed by atoms with Crippen LogP contribution in [0, 0.1) is 0 Å². The van der Waals surface area contributed by atoms with Crippen LogP contribution >= 0.6 is 15.9 Å². The minimum atomic E-state index is -0.415. The molecule has 5 heteroatoms. The molecule has 18 heavy (non-hydrogen) atoms. The van der Waals surface area contributed by atoms with Crippen LogP contribution in [0.1, 0.15) is 24.9 Å². The van der Waals surface area contributed by atoms with Crippen LogP contribution in [-0.2, 0) is 4.79 Å². The Morgan fingerprint density at radius 1 is 1.61 bits per heavy atom. The van der Waals surface area contributed by atoms with Crippen LogP contribution in [0.5, 0.6) is 0 Å². The van der Waals surface area contributed by atoms with Crippen molar-refractivity contribution < 1.29 is 9.90 Å². The molecule has 3 atom stereocenters. The van der Waals surface area contributed by atoms with E-state index in [-0.39, 0.29) is 18.0 Å². The first kappa shape index (κ1) is 13.5. The molecule has 98 valence electrons. The lowest BCUT2D eigenvalue weighted by atomic mass is 10.1. The molecule has 0 bridgehead atoms. The first-order valence-electron chi connectivity index (χ1n) is 6.03. The maximum absolute atomic E-state index is 12.0. The Kier molecular flexibility index (Phi) is 4.37. The number of carbonyl (C=O) groups excluding carboxylic acids is 1. The lowest BCUT2D eigenvalue weighted by Crippen LogP contribution is -2.41. The van der Waals surface area contributed by atoms with Crippen molar-refractivity contribution in [3.8, 4) is 0 Å². The molecule has 0 radical (unpaired) electrons. The maximum Gasteiger partial charge on any atom is 0.237 e. The average Bonchev–Trinajstić information content (AvgIpc) is 2.76. The Morgan fingerprint density at radius 2 is 2.39 bits per heavy atom. The fraction of sp³-hybridized carbons (Fsp3) is 0.462. The number of hydrogen-bond donors (Lipinski definition) is 3. The largest absolute Gasteiger partial charge is 0.392 e. The van der Waals surface area contributed by atoms with Crippen molar-refractivity contribution in [2.45, 2.75) is 31.5 Å². The highest BCUT2D eigenvalue weighted by Crippen LogP contribution is 2.18. The Morgan fingerprint density at radius 3 is 3.00 bits per heavy atom. The summed E-state index contributed by atoms with van der Waals surface area (Å²) in [6.45, 7) is 2.44. The molecule has 0 saturated carbocycles. The maximum atomic E-state index is 12.0. The van der Waals surface area contributed by atoms with E-state index in [0.29, 0.717) is 13.0 Å². The van der Waals surface area contributed by atoms with Gasteiger partial charge in [-0.25, -0.2) is 0 Å². The standard InChI is InChI=1S/C13H17BrN2O2/c1-8(9-3-2-4-10(14)5-9)16-13(18)12-6-11(17)7-15-12/h2-5,8,11-12,15,17H,6-7H2,1H3,(H,16,18). The minimum absolute atomic E-state index is 0.0467. The molecule has 1 aromatic carbocycles. The van der Waals surface area contributed by atoms with Crippen LogP contribution in [0.4, 0.5) is 0 Å². The summed E-state index contributed by atoms with van der Waals surface area (Å²) in [4.78, 5) is 12.0. The molecule has 1 aliphatic heterocycles. The topological polar surface area (TPSA) is 61.4 Å². The zero-order valence-electron chi connectivity index (χ0n) is 10.2. The van der Waals surface area contributed by atoms with Gasteiger partial charge in [0.05, 0.1) is 18.2 Å². The van der Waals surface area contributed by atoms with Crippen molar-refractivity contribution in [1.82, 2.24) is 10.6 Å². The average molecular weight is 313 g/mol. The lowest BCUT2D eigenvalue weighted by molar-refractivity contribution is -0.123. The van der Waals surface area contributed by atoms with E-state index in [9.17, 15) is 9.90 Å². The Labute approximate surface area is 115 Å². The third kappa shape index (κ3) is 3.31. The summed E-state index contributed by atoms with van der Waals surface area (Å²) in [6, 6.07) is 7.53. The molecule has 2 rings (SSSR count). The lowest BCUT2D eigenvalue weighted by Gasteiger charge is -2.17. The van der Waals surface area contributed by atoms with Gasteiger partial charge in [0.1, 0.15) is 0 Å². The van der Waals surface area contributed by atoms with Crippen LogP contribution in [0.15, 0.2) is 28.7 Å². The van der Waals surface area contributed by atoms with Crippen molar-refractivity contribution in [2.75, 3.05) is 6.54 Å². The highest BCUT2D eigenvalue weighted by molar-refractivity contribution is 9.10. The molecule has 3 N–H and O–H groups in total. The van der Waals surface area contributed by atoms with Crippen LogP contribution in [0.3, 0.4) is 0 Å². The molecule has 0 spiro atoms. The predicted molar refractivity (Wildman–Crippen MR) is 73.1 cm³/mol. The molecule has 1 fully saturated rings. The molecule has 1 aromatic rings. The number of hydrogen-bond acceptors (Lipinski definition) is 3. The first-order chi connectivity index (χ1) is 8.56. The van der Waals surface area contributed by atoms with Gasteiger partial charge in [0.15, 0.2) is 0 Å². The molecule has 0 aliphatic carbocycles. The van der Waals surface area contributed by atoms with E-state index >= 15 is 0 Å². The number of β-amino-alcohol motifs (C(OH)–C–C–N with tert-alkyl or cyclic N) is 1. The number of rotatable bonds is 3. The molecule has 1 aliphatic rings. The first-order valence-corrected chi connectivity index (χ1v) is 6.83. The van der Waals surface area contributed by atoms with Gasteiger partial charge >= 0.3 is 0 Å². The number of aliphatic hydroxyl groups is 1. The number of aliphatic hydroxyl groups excluding tert-OH is 1. The van der Waals surface area contributed by atoms with E-state index in [0.717, 1.165) is 10.0 Å². The van der Waals surface area contributed by atoms with Gasteiger partial charge in [-0.2, -0.15) is 0 Å². The minimum Gasteiger partial charge on any atom is -0.392 e. The molecule has 1 amide bonds. The van der Waals surface area contributed by atoms with Gasteiger partial charge in [-0.05, 0) is 31.0 Å². The van der Waals surface area contributed by atoms with Crippen LogP contribution in [0.25, 0.3) is 0 Å². The number of carbonyl (C=O) groups is 1. The van der Waals surface area contributed by atoms with Gasteiger partial charge in [0.2, 0.25) is 5.91 Å². The molecular formula is C13H17BrN2O2. The number of amides is 1. The van der Waals surface area contributed by atoms with E-state index in [1.165, 1.54) is 0 Å². The summed E-state index contributed by atoms with van der Waals surface area (Å²) >= 11 is 3.41. The van der Waals surface area contributed by atoms with E-state index in [1.54, 1.807) is 0 Å². The normalized spacial score (nSPS) is 24.8. The Bertz CT molecular complexity index is 439. The van der Waals surface area contributed by atoms with Crippen LogP contribution in [0.2, 0.25) is 0 Å². The van der Waals surface area contributed by atoms with Gasteiger partial charge in [0, 0.05) is 11.0 Å². The monoisotopic (exact) mass is 312 g/mol. The SMILES string of the molecule is CC(NC(=O)C1CC(O)CN1)c1cccc(Br)c1. The van der Waals surface area contributed by atoms with Gasteiger partial charge in [-0.15, -0.1) is 0 Å². The van der Waals surface area contributed by atoms with Gasteiger partial charge in [0.25, 0.3) is 0 Å². The van der Waals surface area contributed by atoms with Crippen molar-refractivity contribution in [1.29, 1.82) is 0 Å². The second kappa shape index (κ2) is 5.82. The quantitative estimate of drug-likeness (QED) is 0.789. The molecule has 4 nitrogen and oxygen atoms in total. The second-order valence-electron chi connectivity index (χ2n) is 4.64. The fourth-order valence-electron chi connectivity index (χ4n) is 2.09. The zero-order chi connectivity index (χ0) is 13.1. The molecular weight excluding hydrogens is 296 g/mol. The number of nitrogens with one attached hydrogen (secondary N) is 2.